The van der Waals surface area contributed by atoms with E-state index in [2.05, 4.69) is 22.6 Å². The second kappa shape index (κ2) is 6.95. The molecule has 1 aromatic carbocycles. The second-order valence-electron chi connectivity index (χ2n) is 5.74. The average molecular weight is 334 g/mol. The van der Waals surface area contributed by atoms with E-state index < -0.39 is 29.0 Å². The number of aliphatic carboxylic acids is 1. The van der Waals surface area contributed by atoms with Gasteiger partial charge in [0, 0.05) is 11.2 Å². The third kappa shape index (κ3) is 4.66. The molecule has 0 aliphatic carbocycles. The third-order valence-electron chi connectivity index (χ3n) is 3.24. The predicted molar refractivity (Wildman–Crippen MR) is 90.4 cm³/mol. The Balaban J connectivity index is 2.10. The fourth-order valence-corrected chi connectivity index (χ4v) is 2.28. The van der Waals surface area contributed by atoms with E-state index in [0.717, 1.165) is 11.8 Å². The Labute approximate surface area is 139 Å². The lowest BCUT2D eigenvalue weighted by Crippen LogP contribution is -2.36. The first-order chi connectivity index (χ1) is 10.8. The van der Waals surface area contributed by atoms with Crippen molar-refractivity contribution in [1.29, 1.82) is 0 Å². The van der Waals surface area contributed by atoms with Gasteiger partial charge in [0.15, 0.2) is 18.0 Å². The first-order valence-corrected chi connectivity index (χ1v) is 7.53. The zero-order chi connectivity index (χ0) is 17.0. The van der Waals surface area contributed by atoms with E-state index in [9.17, 15) is 14.7 Å². The van der Waals surface area contributed by atoms with Crippen LogP contribution in [0.3, 0.4) is 0 Å². The van der Waals surface area contributed by atoms with Crippen molar-refractivity contribution < 1.29 is 19.4 Å². The van der Waals surface area contributed by atoms with Crippen LogP contribution in [-0.2, 0) is 20.7 Å². The minimum absolute atomic E-state index is 0.0229. The number of cyclic esters (lactones) is 1. The highest BCUT2D eigenvalue weighted by Gasteiger charge is 2.32. The summed E-state index contributed by atoms with van der Waals surface area (Å²) in [4.78, 5) is 31.1. The first kappa shape index (κ1) is 17.2. The van der Waals surface area contributed by atoms with Gasteiger partial charge in [-0.2, -0.15) is 12.6 Å². The van der Waals surface area contributed by atoms with Gasteiger partial charge in [-0.05, 0) is 19.4 Å². The van der Waals surface area contributed by atoms with Gasteiger partial charge in [0.05, 0.1) is 6.21 Å². The number of hydrogen-bond acceptors (Lipinski definition) is 6. The number of carbonyl (C=O) groups excluding carboxylic acids is 1. The van der Waals surface area contributed by atoms with Crippen LogP contribution in [0, 0.1) is 0 Å². The molecule has 0 spiro atoms. The van der Waals surface area contributed by atoms with E-state index in [1.165, 1.54) is 0 Å². The van der Waals surface area contributed by atoms with Crippen LogP contribution < -0.4 is 0 Å². The molecule has 7 heteroatoms. The Morgan fingerprint density at radius 1 is 1.48 bits per heavy atom. The van der Waals surface area contributed by atoms with Crippen LogP contribution in [0.5, 0.6) is 0 Å². The Morgan fingerprint density at radius 3 is 2.70 bits per heavy atom. The lowest BCUT2D eigenvalue weighted by Gasteiger charge is -2.21. The van der Waals surface area contributed by atoms with Crippen molar-refractivity contribution in [2.45, 2.75) is 37.3 Å². The zero-order valence-corrected chi connectivity index (χ0v) is 13.7. The molecule has 1 heterocycles. The van der Waals surface area contributed by atoms with Crippen molar-refractivity contribution in [2.75, 3.05) is 0 Å². The molecule has 0 radical (unpaired) electrons. The normalized spacial score (nSPS) is 19.5. The summed E-state index contributed by atoms with van der Waals surface area (Å²) in [5.74, 6) is -1.72. The summed E-state index contributed by atoms with van der Waals surface area (Å²) in [5.41, 5.74) is 1.02. The maximum atomic E-state index is 11.8. The van der Waals surface area contributed by atoms with E-state index >= 15 is 0 Å². The van der Waals surface area contributed by atoms with Gasteiger partial charge in [0.2, 0.25) is 0 Å². The summed E-state index contributed by atoms with van der Waals surface area (Å²) >= 11 is 4.22. The largest absolute Gasteiger partial charge is 0.480 e. The number of ether oxygens (including phenoxy) is 1. The molecule has 0 bridgehead atoms. The van der Waals surface area contributed by atoms with Crippen LogP contribution in [0.25, 0.3) is 0 Å². The number of hydrogen-bond donors (Lipinski definition) is 2. The highest BCUT2D eigenvalue weighted by molar-refractivity contribution is 7.81. The van der Waals surface area contributed by atoms with Crippen LogP contribution in [0.2, 0.25) is 0 Å². The number of thiol groups is 1. The van der Waals surface area contributed by atoms with Gasteiger partial charge in [0.1, 0.15) is 0 Å². The predicted octanol–water partition coefficient (Wildman–Crippen LogP) is 1.79. The van der Waals surface area contributed by atoms with Crippen LogP contribution in [-0.4, -0.2) is 46.0 Å². The zero-order valence-electron chi connectivity index (χ0n) is 12.8. The Kier molecular flexibility index (Phi) is 5.20. The van der Waals surface area contributed by atoms with Gasteiger partial charge in [-0.15, -0.1) is 0 Å². The Bertz CT molecular complexity index is 650. The van der Waals surface area contributed by atoms with E-state index in [1.54, 1.807) is 13.8 Å². The van der Waals surface area contributed by atoms with E-state index in [-0.39, 0.29) is 5.71 Å². The van der Waals surface area contributed by atoms with E-state index in [0.29, 0.717) is 6.42 Å². The molecule has 0 aromatic heterocycles. The fraction of sp³-hybridized carbons (Fsp3) is 0.375. The highest BCUT2D eigenvalue weighted by Crippen LogP contribution is 2.21. The number of carboxylic acids is 1. The van der Waals surface area contributed by atoms with Gasteiger partial charge in [-0.1, -0.05) is 30.3 Å². The molecule has 1 N–H and O–H groups in total. The molecular formula is C16H18N2O4S. The number of nitrogens with zero attached hydrogens (tertiary/aromatic N) is 2. The van der Waals surface area contributed by atoms with Crippen molar-refractivity contribution in [1.82, 2.24) is 0 Å². The van der Waals surface area contributed by atoms with Crippen molar-refractivity contribution in [3.63, 3.8) is 0 Å². The fourth-order valence-electron chi connectivity index (χ4n) is 2.10. The summed E-state index contributed by atoms with van der Waals surface area (Å²) in [6.45, 7) is 3.28. The molecule has 0 fully saturated rings. The van der Waals surface area contributed by atoms with Gasteiger partial charge >= 0.3 is 11.9 Å². The van der Waals surface area contributed by atoms with Gasteiger partial charge in [-0.3, -0.25) is 4.99 Å². The number of benzene rings is 1. The van der Waals surface area contributed by atoms with Crippen LogP contribution >= 0.6 is 12.6 Å². The minimum atomic E-state index is -1.12. The summed E-state index contributed by atoms with van der Waals surface area (Å²) in [6.07, 6.45) is 1.01. The maximum absolute atomic E-state index is 11.8. The van der Waals surface area contributed by atoms with Crippen molar-refractivity contribution in [3.8, 4) is 0 Å². The molecule has 1 aliphatic rings. The van der Waals surface area contributed by atoms with Crippen molar-refractivity contribution in [3.05, 3.63) is 35.9 Å². The van der Waals surface area contributed by atoms with Gasteiger partial charge < -0.3 is 9.84 Å². The molecule has 122 valence electrons. The van der Waals surface area contributed by atoms with Crippen molar-refractivity contribution in [2.24, 2.45) is 9.98 Å². The molecule has 6 nitrogen and oxygen atoms in total. The molecule has 0 amide bonds. The molecule has 2 atom stereocenters. The Hall–Kier alpha value is -2.15. The number of aliphatic imine (C=N–C) groups is 2. The topological polar surface area (TPSA) is 88.3 Å². The Morgan fingerprint density at radius 2 is 2.13 bits per heavy atom. The number of rotatable bonds is 6. The molecule has 0 saturated carbocycles. The maximum Gasteiger partial charge on any atom is 0.360 e. The van der Waals surface area contributed by atoms with Gasteiger partial charge in [-0.25, -0.2) is 14.6 Å². The number of carboxylic acid groups (broad SMARTS) is 1. The van der Waals surface area contributed by atoms with E-state index in [4.69, 9.17) is 4.74 Å². The lowest BCUT2D eigenvalue weighted by atomic mass is 10.0. The monoisotopic (exact) mass is 334 g/mol. The lowest BCUT2D eigenvalue weighted by molar-refractivity contribution is -0.139. The van der Waals surface area contributed by atoms with E-state index in [1.807, 2.05) is 30.3 Å². The summed E-state index contributed by atoms with van der Waals surface area (Å²) in [7, 11) is 0. The molecule has 0 saturated heterocycles. The molecule has 1 aliphatic heterocycles. The molecular weight excluding hydrogens is 316 g/mol. The van der Waals surface area contributed by atoms with Crippen molar-refractivity contribution >= 4 is 36.5 Å². The molecule has 1 aromatic rings. The number of esters is 1. The van der Waals surface area contributed by atoms with Crippen LogP contribution in [0.15, 0.2) is 40.3 Å². The summed E-state index contributed by atoms with van der Waals surface area (Å²) < 4.78 is 4.29. The minimum Gasteiger partial charge on any atom is -0.480 e. The first-order valence-electron chi connectivity index (χ1n) is 7.08. The summed E-state index contributed by atoms with van der Waals surface area (Å²) in [5, 5.41) is 9.18. The summed E-state index contributed by atoms with van der Waals surface area (Å²) in [6, 6.07) is 8.43. The SMILES string of the molecule is CC(C)(S)C(N=CC1=NC(Cc2ccccc2)OC1=O)C(=O)O. The second-order valence-corrected chi connectivity index (χ2v) is 6.89. The number of carbonyl (C=O) groups is 2. The quantitative estimate of drug-likeness (QED) is 0.471. The van der Waals surface area contributed by atoms with Crippen LogP contribution in [0.1, 0.15) is 19.4 Å². The third-order valence-corrected chi connectivity index (χ3v) is 3.48. The molecule has 23 heavy (non-hydrogen) atoms. The smallest absolute Gasteiger partial charge is 0.360 e. The van der Waals surface area contributed by atoms with Crippen LogP contribution in [0.4, 0.5) is 0 Å². The highest BCUT2D eigenvalue weighted by atomic mass is 32.1. The van der Waals surface area contributed by atoms with Gasteiger partial charge in [0.25, 0.3) is 0 Å². The molecule has 2 unspecified atom stereocenters. The average Bonchev–Trinajstić information content (AvgIpc) is 2.78. The molecule has 2 rings (SSSR count). The standard InChI is InChI=1S/C16H18N2O4S/c1-16(2,23)13(14(19)20)17-9-11-15(21)22-12(18-11)8-10-6-4-3-5-7-10/h3-7,9,12-13,23H,8H2,1-2H3,(H,19,20).